The summed E-state index contributed by atoms with van der Waals surface area (Å²) in [6.07, 6.45) is 0.467. The first-order valence-electron chi connectivity index (χ1n) is 12.0. The topological polar surface area (TPSA) is 140 Å². The fourth-order valence-corrected chi connectivity index (χ4v) is 5.53. The monoisotopic (exact) mass is 716 g/mol. The molecule has 0 aliphatic carbocycles. The molecule has 2 amide bonds. The van der Waals surface area contributed by atoms with Crippen molar-refractivity contribution >= 4 is 56.7 Å². The Morgan fingerprint density at radius 3 is 2.62 bits per heavy atom. The van der Waals surface area contributed by atoms with Crippen molar-refractivity contribution in [2.24, 2.45) is 5.10 Å². The van der Waals surface area contributed by atoms with Gasteiger partial charge in [-0.15, -0.1) is 0 Å². The van der Waals surface area contributed by atoms with Crippen LogP contribution in [0.3, 0.4) is 0 Å². The van der Waals surface area contributed by atoms with Crippen LogP contribution in [-0.4, -0.2) is 56.5 Å². The number of methoxy groups -OCH3 is 1. The maximum Gasteiger partial charge on any atom is 0.337 e. The minimum atomic E-state index is -1.11. The van der Waals surface area contributed by atoms with Crippen LogP contribution >= 0.6 is 38.5 Å². The van der Waals surface area contributed by atoms with E-state index in [2.05, 4.69) is 59.7 Å². The Morgan fingerprint density at radius 2 is 1.95 bits per heavy atom. The number of hydrazone groups is 1. The molecule has 2 aromatic rings. The summed E-state index contributed by atoms with van der Waals surface area (Å²) in [6, 6.07) is 7.62. The van der Waals surface area contributed by atoms with Gasteiger partial charge in [0.25, 0.3) is 0 Å². The number of amides is 2. The maximum absolute atomic E-state index is 12.4. The number of ether oxygens (including phenoxy) is 4. The molecule has 3 rings (SSSR count). The van der Waals surface area contributed by atoms with E-state index in [0.717, 1.165) is 19.4 Å². The summed E-state index contributed by atoms with van der Waals surface area (Å²) in [5.74, 6) is 0.957. The number of aliphatic hydroxyl groups is 1. The molecule has 1 aliphatic rings. The largest absolute Gasteiger partial charge is 0.492 e. The van der Waals surface area contributed by atoms with Gasteiger partial charge in [0.1, 0.15) is 12.4 Å². The molecule has 39 heavy (non-hydrogen) atoms. The number of allylic oxidation sites excluding steroid dienone is 1. The van der Waals surface area contributed by atoms with Crippen LogP contribution < -0.4 is 30.3 Å². The van der Waals surface area contributed by atoms with Crippen molar-refractivity contribution in [3.8, 4) is 17.2 Å². The number of hydrogen-bond donors (Lipinski definition) is 4. The van der Waals surface area contributed by atoms with Gasteiger partial charge < -0.3 is 34.7 Å². The number of carbonyl (C=O) groups is 2. The molecule has 0 bridgehead atoms. The fraction of sp³-hybridized carbons (Fsp3) is 0.346. The van der Waals surface area contributed by atoms with E-state index in [4.69, 9.17) is 18.9 Å². The smallest absolute Gasteiger partial charge is 0.337 e. The van der Waals surface area contributed by atoms with Gasteiger partial charge in [-0.3, -0.25) is 5.43 Å². The average Bonchev–Trinajstić information content (AvgIpc) is 2.89. The number of benzene rings is 2. The molecule has 13 heteroatoms. The van der Waals surface area contributed by atoms with E-state index in [1.54, 1.807) is 31.3 Å². The second kappa shape index (κ2) is 14.4. The van der Waals surface area contributed by atoms with Gasteiger partial charge in [-0.05, 0) is 94.7 Å². The molecule has 0 radical (unpaired) electrons. The van der Waals surface area contributed by atoms with Gasteiger partial charge in [-0.2, -0.15) is 5.10 Å². The van der Waals surface area contributed by atoms with E-state index in [1.165, 1.54) is 7.11 Å². The lowest BCUT2D eigenvalue weighted by molar-refractivity contribution is -0.136. The van der Waals surface area contributed by atoms with Crippen molar-refractivity contribution in [1.82, 2.24) is 16.1 Å². The number of rotatable bonds is 12. The fourth-order valence-electron chi connectivity index (χ4n) is 3.76. The van der Waals surface area contributed by atoms with Crippen LogP contribution in [0.5, 0.6) is 17.2 Å². The standard InChI is InChI=1S/C26H30BrIN4O7/c1-5-37-20-11-16(23-22(25(34)36-4)14(3)30-26(35)31-23)7-8-19(20)39-13-21(33)32-29-12-15-9-17(27)24(38-6-2)18(28)10-15/h7-12,21,23,32-33H,5-6,13H2,1-4H3,(H2,30,31,35)/b29-12-/t21-,23-/m0/s1. The number of nitrogens with zero attached hydrogens (tertiary/aromatic N) is 1. The molecular weight excluding hydrogens is 687 g/mol. The zero-order chi connectivity index (χ0) is 28.5. The zero-order valence-electron chi connectivity index (χ0n) is 21.8. The summed E-state index contributed by atoms with van der Waals surface area (Å²) in [5.41, 5.74) is 4.71. The predicted octanol–water partition coefficient (Wildman–Crippen LogP) is 3.97. The van der Waals surface area contributed by atoms with E-state index in [0.29, 0.717) is 36.0 Å². The highest BCUT2D eigenvalue weighted by Crippen LogP contribution is 2.35. The molecule has 1 heterocycles. The third-order valence-electron chi connectivity index (χ3n) is 5.42. The molecule has 0 spiro atoms. The predicted molar refractivity (Wildman–Crippen MR) is 157 cm³/mol. The Balaban J connectivity index is 1.69. The van der Waals surface area contributed by atoms with E-state index in [9.17, 15) is 14.7 Å². The summed E-state index contributed by atoms with van der Waals surface area (Å²) < 4.78 is 23.8. The van der Waals surface area contributed by atoms with E-state index in [-0.39, 0.29) is 12.2 Å². The number of urea groups is 1. The first-order chi connectivity index (χ1) is 18.7. The number of aliphatic hydroxyl groups excluding tert-OH is 1. The molecule has 11 nitrogen and oxygen atoms in total. The van der Waals surface area contributed by atoms with E-state index in [1.807, 2.05) is 26.0 Å². The number of hydrogen-bond acceptors (Lipinski definition) is 9. The van der Waals surface area contributed by atoms with Crippen molar-refractivity contribution in [2.45, 2.75) is 33.0 Å². The Labute approximate surface area is 248 Å². The number of halogens is 2. The Hall–Kier alpha value is -3.04. The highest BCUT2D eigenvalue weighted by Gasteiger charge is 2.32. The van der Waals surface area contributed by atoms with Crippen molar-refractivity contribution in [3.05, 3.63) is 60.8 Å². The molecule has 0 aromatic heterocycles. The lowest BCUT2D eigenvalue weighted by Gasteiger charge is -2.28. The van der Waals surface area contributed by atoms with Crippen LogP contribution in [0.15, 0.2) is 51.2 Å². The van der Waals surface area contributed by atoms with Crippen molar-refractivity contribution in [1.29, 1.82) is 0 Å². The van der Waals surface area contributed by atoms with Crippen LogP contribution in [0.25, 0.3) is 0 Å². The van der Waals surface area contributed by atoms with Crippen LogP contribution in [0, 0.1) is 3.57 Å². The number of nitrogens with one attached hydrogen (secondary N) is 3. The first-order valence-corrected chi connectivity index (χ1v) is 13.9. The van der Waals surface area contributed by atoms with Crippen LogP contribution in [0.1, 0.15) is 37.9 Å². The van der Waals surface area contributed by atoms with Gasteiger partial charge in [-0.1, -0.05) is 6.07 Å². The summed E-state index contributed by atoms with van der Waals surface area (Å²) in [6.45, 7) is 6.15. The molecule has 0 fully saturated rings. The second-order valence-electron chi connectivity index (χ2n) is 8.16. The molecular formula is C26H30BrIN4O7. The SMILES string of the molecule is CCOc1cc([C@@H]2NC(=O)NC(C)=C2C(=O)OC)ccc1OC[C@H](O)N/N=C\c1cc(Br)c(OCC)c(I)c1. The van der Waals surface area contributed by atoms with Gasteiger partial charge in [0.05, 0.1) is 46.2 Å². The molecule has 2 aromatic carbocycles. The number of esters is 1. The van der Waals surface area contributed by atoms with Gasteiger partial charge >= 0.3 is 12.0 Å². The molecule has 0 unspecified atom stereocenters. The molecule has 0 saturated carbocycles. The zero-order valence-corrected chi connectivity index (χ0v) is 25.6. The van der Waals surface area contributed by atoms with Crippen LogP contribution in [-0.2, 0) is 9.53 Å². The van der Waals surface area contributed by atoms with Gasteiger partial charge in [0.15, 0.2) is 17.7 Å². The maximum atomic E-state index is 12.4. The summed E-state index contributed by atoms with van der Waals surface area (Å²) in [5, 5.41) is 19.8. The van der Waals surface area contributed by atoms with Crippen LogP contribution in [0.4, 0.5) is 4.79 Å². The molecule has 210 valence electrons. The lowest BCUT2D eigenvalue weighted by atomic mass is 9.95. The first kappa shape index (κ1) is 30.5. The van der Waals surface area contributed by atoms with Gasteiger partial charge in [0.2, 0.25) is 0 Å². The molecule has 4 N–H and O–H groups in total. The normalized spacial score (nSPS) is 15.9. The molecule has 2 atom stereocenters. The van der Waals surface area contributed by atoms with Crippen molar-refractivity contribution in [3.63, 3.8) is 0 Å². The minimum absolute atomic E-state index is 0.127. The minimum Gasteiger partial charge on any atom is -0.492 e. The highest BCUT2D eigenvalue weighted by atomic mass is 127. The Morgan fingerprint density at radius 1 is 1.21 bits per heavy atom. The third-order valence-corrected chi connectivity index (χ3v) is 6.81. The van der Waals surface area contributed by atoms with Gasteiger partial charge in [0, 0.05) is 5.70 Å². The third kappa shape index (κ3) is 7.99. The second-order valence-corrected chi connectivity index (χ2v) is 10.2. The summed E-state index contributed by atoms with van der Waals surface area (Å²) in [4.78, 5) is 24.5. The number of carbonyl (C=O) groups excluding carboxylic acids is 2. The Kier molecular flexibility index (Phi) is 11.2. The Bertz CT molecular complexity index is 1250. The average molecular weight is 717 g/mol. The quantitative estimate of drug-likeness (QED) is 0.0851. The van der Waals surface area contributed by atoms with Gasteiger partial charge in [-0.25, -0.2) is 9.59 Å². The lowest BCUT2D eigenvalue weighted by Crippen LogP contribution is -2.45. The highest BCUT2D eigenvalue weighted by molar-refractivity contribution is 14.1. The van der Waals surface area contributed by atoms with E-state index < -0.39 is 24.3 Å². The van der Waals surface area contributed by atoms with Crippen molar-refractivity contribution in [2.75, 3.05) is 26.9 Å². The van der Waals surface area contributed by atoms with Crippen LogP contribution in [0.2, 0.25) is 0 Å². The molecule has 1 aliphatic heterocycles. The summed E-state index contributed by atoms with van der Waals surface area (Å²) in [7, 11) is 1.28. The molecule has 0 saturated heterocycles. The van der Waals surface area contributed by atoms with Crippen molar-refractivity contribution < 1.29 is 33.6 Å². The van der Waals surface area contributed by atoms with E-state index >= 15 is 0 Å². The summed E-state index contributed by atoms with van der Waals surface area (Å²) >= 11 is 5.68.